The molecule has 0 spiro atoms. The van der Waals surface area contributed by atoms with E-state index in [9.17, 15) is 18.3 Å². The lowest BCUT2D eigenvalue weighted by Crippen LogP contribution is -2.13. The Hall–Kier alpha value is -0.810. The second-order valence-corrected chi connectivity index (χ2v) is 4.43. The summed E-state index contributed by atoms with van der Waals surface area (Å²) < 4.78 is 37.2. The van der Waals surface area contributed by atoms with Crippen molar-refractivity contribution >= 4 is 11.6 Å². The fraction of sp³-hybridized carbons (Fsp3) is 0.500. The van der Waals surface area contributed by atoms with Crippen molar-refractivity contribution in [3.05, 3.63) is 28.5 Å². The lowest BCUT2D eigenvalue weighted by Gasteiger charge is -2.12. The van der Waals surface area contributed by atoms with Crippen molar-refractivity contribution in [1.29, 1.82) is 0 Å². The lowest BCUT2D eigenvalue weighted by molar-refractivity contribution is -0.137. The van der Waals surface area contributed by atoms with Crippen LogP contribution in [0.3, 0.4) is 0 Å². The van der Waals surface area contributed by atoms with Crippen LogP contribution in [-0.2, 0) is 12.6 Å². The van der Waals surface area contributed by atoms with Gasteiger partial charge >= 0.3 is 6.18 Å². The molecular formula is C10H9ClF3NO. The minimum absolute atomic E-state index is 0.0216. The Morgan fingerprint density at radius 1 is 1.44 bits per heavy atom. The first-order chi connectivity index (χ1) is 7.30. The number of hydrogen-bond donors (Lipinski definition) is 1. The molecule has 1 aliphatic rings. The molecule has 0 amide bonds. The zero-order valence-electron chi connectivity index (χ0n) is 8.18. The predicted octanol–water partition coefficient (Wildman–Crippen LogP) is 2.82. The molecule has 0 aromatic carbocycles. The van der Waals surface area contributed by atoms with Crippen molar-refractivity contribution in [3.63, 3.8) is 0 Å². The van der Waals surface area contributed by atoms with Gasteiger partial charge in [0.15, 0.2) is 0 Å². The maximum absolute atomic E-state index is 12.4. The molecular weight excluding hydrogens is 243 g/mol. The number of pyridine rings is 1. The molecule has 2 rings (SSSR count). The smallest absolute Gasteiger partial charge is 0.390 e. The Morgan fingerprint density at radius 3 is 2.56 bits per heavy atom. The molecule has 0 aliphatic heterocycles. The van der Waals surface area contributed by atoms with E-state index in [1.807, 2.05) is 0 Å². The molecule has 1 aliphatic carbocycles. The van der Waals surface area contributed by atoms with Crippen LogP contribution in [0, 0.1) is 0 Å². The van der Waals surface area contributed by atoms with Gasteiger partial charge in [-0.05, 0) is 24.5 Å². The van der Waals surface area contributed by atoms with Crippen LogP contribution in [0.1, 0.15) is 24.0 Å². The van der Waals surface area contributed by atoms with Crippen LogP contribution >= 0.6 is 11.6 Å². The average molecular weight is 252 g/mol. The summed E-state index contributed by atoms with van der Waals surface area (Å²) in [5, 5.41) is 9.65. The molecule has 2 nitrogen and oxygen atoms in total. The molecule has 1 N–H and O–H groups in total. The first-order valence-electron chi connectivity index (χ1n) is 4.74. The van der Waals surface area contributed by atoms with Crippen LogP contribution in [0.5, 0.6) is 0 Å². The second kappa shape index (κ2) is 3.60. The van der Waals surface area contributed by atoms with E-state index in [1.54, 1.807) is 0 Å². The summed E-state index contributed by atoms with van der Waals surface area (Å²) in [7, 11) is 0. The molecule has 1 fully saturated rings. The zero-order chi connectivity index (χ0) is 12.0. The first kappa shape index (κ1) is 11.7. The molecule has 88 valence electrons. The van der Waals surface area contributed by atoms with Gasteiger partial charge in [0.2, 0.25) is 0 Å². The van der Waals surface area contributed by atoms with E-state index < -0.39 is 17.3 Å². The number of nitrogens with zero attached hydrogens (tertiary/aromatic N) is 1. The van der Waals surface area contributed by atoms with E-state index in [0.717, 1.165) is 6.07 Å². The van der Waals surface area contributed by atoms with E-state index in [2.05, 4.69) is 4.98 Å². The maximum atomic E-state index is 12.4. The van der Waals surface area contributed by atoms with Gasteiger partial charge < -0.3 is 5.11 Å². The molecule has 6 heteroatoms. The molecule has 16 heavy (non-hydrogen) atoms. The molecule has 1 aromatic heterocycles. The van der Waals surface area contributed by atoms with E-state index in [-0.39, 0.29) is 17.1 Å². The average Bonchev–Trinajstić information content (AvgIpc) is 2.86. The van der Waals surface area contributed by atoms with Crippen molar-refractivity contribution in [1.82, 2.24) is 4.98 Å². The van der Waals surface area contributed by atoms with Crippen LogP contribution < -0.4 is 0 Å². The highest BCUT2D eigenvalue weighted by molar-refractivity contribution is 6.30. The van der Waals surface area contributed by atoms with Gasteiger partial charge in [-0.15, -0.1) is 0 Å². The van der Waals surface area contributed by atoms with Crippen LogP contribution in [0.2, 0.25) is 5.15 Å². The Morgan fingerprint density at radius 2 is 2.06 bits per heavy atom. The number of aliphatic hydroxyl groups is 1. The third kappa shape index (κ3) is 2.47. The monoisotopic (exact) mass is 251 g/mol. The van der Waals surface area contributed by atoms with Gasteiger partial charge in [-0.2, -0.15) is 13.2 Å². The lowest BCUT2D eigenvalue weighted by atomic mass is 10.1. The summed E-state index contributed by atoms with van der Waals surface area (Å²) in [5.41, 5.74) is -1.47. The zero-order valence-corrected chi connectivity index (χ0v) is 8.94. The summed E-state index contributed by atoms with van der Waals surface area (Å²) >= 11 is 5.69. The van der Waals surface area contributed by atoms with Crippen LogP contribution in [-0.4, -0.2) is 15.7 Å². The Bertz CT molecular complexity index is 415. The van der Waals surface area contributed by atoms with Gasteiger partial charge in [0.25, 0.3) is 0 Å². The number of alkyl halides is 3. The van der Waals surface area contributed by atoms with E-state index in [1.165, 1.54) is 0 Å². The predicted molar refractivity (Wildman–Crippen MR) is 52.1 cm³/mol. The van der Waals surface area contributed by atoms with Gasteiger partial charge in [0.05, 0.1) is 11.2 Å². The van der Waals surface area contributed by atoms with Crippen molar-refractivity contribution in [2.45, 2.75) is 31.0 Å². The van der Waals surface area contributed by atoms with Gasteiger partial charge in [-0.25, -0.2) is 4.98 Å². The SMILES string of the molecule is OC1(Cc2cc(C(F)(F)F)cnc2Cl)CC1. The van der Waals surface area contributed by atoms with Gasteiger partial charge in [-0.3, -0.25) is 0 Å². The third-order valence-electron chi connectivity index (χ3n) is 2.59. The quantitative estimate of drug-likeness (QED) is 0.820. The van der Waals surface area contributed by atoms with Gasteiger partial charge in [-0.1, -0.05) is 11.6 Å². The van der Waals surface area contributed by atoms with Crippen molar-refractivity contribution < 1.29 is 18.3 Å². The van der Waals surface area contributed by atoms with E-state index >= 15 is 0 Å². The highest BCUT2D eigenvalue weighted by atomic mass is 35.5. The first-order valence-corrected chi connectivity index (χ1v) is 5.12. The molecule has 0 unspecified atom stereocenters. The fourth-order valence-corrected chi connectivity index (χ4v) is 1.62. The summed E-state index contributed by atoms with van der Waals surface area (Å²) in [6.07, 6.45) is -2.41. The summed E-state index contributed by atoms with van der Waals surface area (Å²) in [6, 6.07) is 0.950. The molecule has 0 atom stereocenters. The van der Waals surface area contributed by atoms with Crippen LogP contribution in [0.15, 0.2) is 12.3 Å². The van der Waals surface area contributed by atoms with E-state index in [4.69, 9.17) is 11.6 Å². The molecule has 0 radical (unpaired) electrons. The molecule has 0 saturated heterocycles. The number of halogens is 4. The van der Waals surface area contributed by atoms with Crippen LogP contribution in [0.25, 0.3) is 0 Å². The van der Waals surface area contributed by atoms with Crippen molar-refractivity contribution in [2.75, 3.05) is 0 Å². The Labute approximate surface area is 95.1 Å². The second-order valence-electron chi connectivity index (χ2n) is 4.07. The van der Waals surface area contributed by atoms with Gasteiger partial charge in [0.1, 0.15) is 5.15 Å². The highest BCUT2D eigenvalue weighted by Gasteiger charge is 2.41. The minimum atomic E-state index is -4.43. The minimum Gasteiger partial charge on any atom is -0.390 e. The summed E-state index contributed by atoms with van der Waals surface area (Å²) in [4.78, 5) is 3.49. The standard InChI is InChI=1S/C10H9ClF3NO/c11-8-6(4-9(16)1-2-9)3-7(5-15-8)10(12,13)14/h3,5,16H,1-2,4H2. The Balaban J connectivity index is 2.29. The van der Waals surface area contributed by atoms with Crippen molar-refractivity contribution in [3.8, 4) is 0 Å². The highest BCUT2D eigenvalue weighted by Crippen LogP contribution is 2.40. The third-order valence-corrected chi connectivity index (χ3v) is 2.93. The number of rotatable bonds is 2. The van der Waals surface area contributed by atoms with Gasteiger partial charge in [0, 0.05) is 12.6 Å². The fourth-order valence-electron chi connectivity index (χ4n) is 1.45. The molecule has 1 aromatic rings. The van der Waals surface area contributed by atoms with Crippen molar-refractivity contribution in [2.24, 2.45) is 0 Å². The van der Waals surface area contributed by atoms with Crippen LogP contribution in [0.4, 0.5) is 13.2 Å². The summed E-state index contributed by atoms with van der Waals surface area (Å²) in [5.74, 6) is 0. The Kier molecular flexibility index (Phi) is 2.62. The molecule has 1 saturated carbocycles. The largest absolute Gasteiger partial charge is 0.417 e. The normalized spacial score (nSPS) is 18.6. The molecule has 0 bridgehead atoms. The van der Waals surface area contributed by atoms with E-state index in [0.29, 0.717) is 19.0 Å². The molecule has 1 heterocycles. The maximum Gasteiger partial charge on any atom is 0.417 e. The number of aromatic nitrogens is 1. The summed E-state index contributed by atoms with van der Waals surface area (Å²) in [6.45, 7) is 0. The number of hydrogen-bond acceptors (Lipinski definition) is 2. The topological polar surface area (TPSA) is 33.1 Å².